The van der Waals surface area contributed by atoms with E-state index in [1.54, 1.807) is 25.3 Å². The molecule has 2 rings (SSSR count). The number of likely N-dealkylation sites (N-methyl/N-ethyl adjacent to an activating group) is 2. The molecule has 1 heterocycles. The fourth-order valence-electron chi connectivity index (χ4n) is 2.15. The lowest BCUT2D eigenvalue weighted by Crippen LogP contribution is -2.37. The Bertz CT molecular complexity index is 610. The summed E-state index contributed by atoms with van der Waals surface area (Å²) in [6, 6.07) is 11.1. The van der Waals surface area contributed by atoms with Crippen molar-refractivity contribution >= 4 is 5.91 Å². The average molecular weight is 332 g/mol. The van der Waals surface area contributed by atoms with E-state index in [1.165, 1.54) is 0 Å². The van der Waals surface area contributed by atoms with E-state index in [0.29, 0.717) is 26.2 Å². The number of rotatable bonds is 9. The van der Waals surface area contributed by atoms with E-state index in [0.717, 1.165) is 17.3 Å². The fraction of sp³-hybridized carbons (Fsp3) is 0.389. The molecular weight excluding hydrogens is 308 g/mol. The van der Waals surface area contributed by atoms with Gasteiger partial charge in [-0.05, 0) is 43.4 Å². The van der Waals surface area contributed by atoms with Crippen LogP contribution in [0.15, 0.2) is 47.1 Å². The Morgan fingerprint density at radius 2 is 1.83 bits per heavy atom. The fourth-order valence-corrected chi connectivity index (χ4v) is 2.15. The molecule has 0 atom stereocenters. The Kier molecular flexibility index (Phi) is 6.69. The normalized spacial score (nSPS) is 10.7. The number of hydrogen-bond acceptors (Lipinski definition) is 5. The molecule has 0 aliphatic rings. The van der Waals surface area contributed by atoms with Crippen molar-refractivity contribution in [3.8, 4) is 11.5 Å². The van der Waals surface area contributed by atoms with E-state index < -0.39 is 0 Å². The molecule has 0 fully saturated rings. The van der Waals surface area contributed by atoms with Gasteiger partial charge < -0.3 is 18.8 Å². The van der Waals surface area contributed by atoms with Gasteiger partial charge in [0.15, 0.2) is 0 Å². The number of benzene rings is 1. The van der Waals surface area contributed by atoms with Crippen LogP contribution in [0.4, 0.5) is 0 Å². The molecule has 0 aliphatic carbocycles. The van der Waals surface area contributed by atoms with Crippen molar-refractivity contribution < 1.29 is 18.7 Å². The third-order valence-electron chi connectivity index (χ3n) is 3.61. The molecular formula is C18H24N2O4. The van der Waals surface area contributed by atoms with Gasteiger partial charge in [-0.15, -0.1) is 0 Å². The van der Waals surface area contributed by atoms with Gasteiger partial charge in [0.05, 0.1) is 26.5 Å². The molecule has 0 aliphatic heterocycles. The third-order valence-corrected chi connectivity index (χ3v) is 3.61. The van der Waals surface area contributed by atoms with Gasteiger partial charge in [0.25, 0.3) is 0 Å². The lowest BCUT2D eigenvalue weighted by Gasteiger charge is -2.21. The van der Waals surface area contributed by atoms with E-state index in [9.17, 15) is 4.79 Å². The summed E-state index contributed by atoms with van der Waals surface area (Å²) in [4.78, 5) is 15.8. The number of carbonyl (C=O) groups is 1. The highest BCUT2D eigenvalue weighted by atomic mass is 16.5. The van der Waals surface area contributed by atoms with Crippen molar-refractivity contribution in [1.82, 2.24) is 9.80 Å². The lowest BCUT2D eigenvalue weighted by molar-refractivity contribution is -0.131. The Labute approximate surface area is 142 Å². The summed E-state index contributed by atoms with van der Waals surface area (Å²) in [5.41, 5.74) is 0. The molecule has 2 aromatic rings. The first-order valence-corrected chi connectivity index (χ1v) is 7.80. The van der Waals surface area contributed by atoms with Gasteiger partial charge in [0, 0.05) is 13.6 Å². The lowest BCUT2D eigenvalue weighted by atomic mass is 10.3. The first-order valence-electron chi connectivity index (χ1n) is 7.80. The Hall–Kier alpha value is -2.47. The summed E-state index contributed by atoms with van der Waals surface area (Å²) in [6.07, 6.45) is 1.61. The highest BCUT2D eigenvalue weighted by Gasteiger charge is 2.13. The quantitative estimate of drug-likeness (QED) is 0.705. The second-order valence-corrected chi connectivity index (χ2v) is 5.59. The van der Waals surface area contributed by atoms with Crippen LogP contribution in [0.1, 0.15) is 5.76 Å². The summed E-state index contributed by atoms with van der Waals surface area (Å²) in [7, 11) is 5.30. The summed E-state index contributed by atoms with van der Waals surface area (Å²) >= 11 is 0. The molecule has 0 unspecified atom stereocenters. The molecule has 24 heavy (non-hydrogen) atoms. The minimum atomic E-state index is 0.0401. The number of hydrogen-bond donors (Lipinski definition) is 0. The van der Waals surface area contributed by atoms with Gasteiger partial charge in [-0.25, -0.2) is 0 Å². The van der Waals surface area contributed by atoms with Crippen molar-refractivity contribution in [3.05, 3.63) is 48.4 Å². The molecule has 130 valence electrons. The molecule has 6 heteroatoms. The zero-order chi connectivity index (χ0) is 17.4. The van der Waals surface area contributed by atoms with Crippen LogP contribution in [0.2, 0.25) is 0 Å². The predicted molar refractivity (Wildman–Crippen MR) is 91.2 cm³/mol. The smallest absolute Gasteiger partial charge is 0.236 e. The summed E-state index contributed by atoms with van der Waals surface area (Å²) in [5, 5.41) is 0. The molecule has 0 saturated carbocycles. The zero-order valence-corrected chi connectivity index (χ0v) is 14.4. The van der Waals surface area contributed by atoms with Crippen LogP contribution < -0.4 is 9.47 Å². The maximum absolute atomic E-state index is 12.2. The molecule has 0 saturated heterocycles. The Morgan fingerprint density at radius 3 is 2.46 bits per heavy atom. The van der Waals surface area contributed by atoms with Gasteiger partial charge in [-0.2, -0.15) is 0 Å². The molecule has 6 nitrogen and oxygen atoms in total. The van der Waals surface area contributed by atoms with Gasteiger partial charge in [0.1, 0.15) is 23.9 Å². The number of amides is 1. The summed E-state index contributed by atoms with van der Waals surface area (Å²) in [6.45, 7) is 1.98. The molecule has 1 amide bonds. The summed E-state index contributed by atoms with van der Waals surface area (Å²) in [5.74, 6) is 2.39. The second-order valence-electron chi connectivity index (χ2n) is 5.59. The largest absolute Gasteiger partial charge is 0.497 e. The molecule has 1 aromatic carbocycles. The number of furan rings is 1. The van der Waals surface area contributed by atoms with Gasteiger partial charge >= 0.3 is 0 Å². The first-order chi connectivity index (χ1) is 11.6. The highest BCUT2D eigenvalue weighted by molar-refractivity contribution is 5.77. The monoisotopic (exact) mass is 332 g/mol. The topological polar surface area (TPSA) is 55.2 Å². The Morgan fingerprint density at radius 1 is 1.12 bits per heavy atom. The molecule has 0 N–H and O–H groups in total. The van der Waals surface area contributed by atoms with Crippen LogP contribution in [0, 0.1) is 0 Å². The maximum Gasteiger partial charge on any atom is 0.236 e. The van der Waals surface area contributed by atoms with Crippen molar-refractivity contribution in [3.63, 3.8) is 0 Å². The number of carbonyl (C=O) groups excluding carboxylic acids is 1. The molecule has 0 spiro atoms. The van der Waals surface area contributed by atoms with Gasteiger partial charge in [-0.1, -0.05) is 0 Å². The zero-order valence-electron chi connectivity index (χ0n) is 14.4. The van der Waals surface area contributed by atoms with Crippen LogP contribution in [-0.2, 0) is 11.3 Å². The van der Waals surface area contributed by atoms with E-state index >= 15 is 0 Å². The minimum absolute atomic E-state index is 0.0401. The maximum atomic E-state index is 12.2. The number of ether oxygens (including phenoxy) is 2. The SMILES string of the molecule is COc1ccc(OCCN(C)CC(=O)N(C)Cc2ccco2)cc1. The van der Waals surface area contributed by atoms with Gasteiger partial charge in [0.2, 0.25) is 5.91 Å². The highest BCUT2D eigenvalue weighted by Crippen LogP contribution is 2.16. The second kappa shape index (κ2) is 8.98. The average Bonchev–Trinajstić information content (AvgIpc) is 3.08. The van der Waals surface area contributed by atoms with Crippen molar-refractivity contribution in [2.45, 2.75) is 6.54 Å². The van der Waals surface area contributed by atoms with E-state index in [-0.39, 0.29) is 5.91 Å². The van der Waals surface area contributed by atoms with Crippen molar-refractivity contribution in [2.75, 3.05) is 40.9 Å². The van der Waals surface area contributed by atoms with Crippen LogP contribution >= 0.6 is 0 Å². The van der Waals surface area contributed by atoms with E-state index in [2.05, 4.69) is 0 Å². The minimum Gasteiger partial charge on any atom is -0.497 e. The number of nitrogens with zero attached hydrogens (tertiary/aromatic N) is 2. The van der Waals surface area contributed by atoms with Crippen LogP contribution in [0.25, 0.3) is 0 Å². The first kappa shape index (κ1) is 17.9. The van der Waals surface area contributed by atoms with Gasteiger partial charge in [-0.3, -0.25) is 9.69 Å². The van der Waals surface area contributed by atoms with Crippen molar-refractivity contribution in [2.24, 2.45) is 0 Å². The molecule has 0 bridgehead atoms. The standard InChI is InChI=1S/C18H24N2O4/c1-19(10-12-24-16-8-6-15(22-3)7-9-16)14-18(21)20(2)13-17-5-4-11-23-17/h4-9,11H,10,12-14H2,1-3H3. The number of methoxy groups -OCH3 is 1. The van der Waals surface area contributed by atoms with Crippen LogP contribution in [0.3, 0.4) is 0 Å². The summed E-state index contributed by atoms with van der Waals surface area (Å²) < 4.78 is 16.0. The predicted octanol–water partition coefficient (Wildman–Crippen LogP) is 2.26. The van der Waals surface area contributed by atoms with Crippen LogP contribution in [-0.4, -0.2) is 56.6 Å². The van der Waals surface area contributed by atoms with E-state index in [4.69, 9.17) is 13.9 Å². The van der Waals surface area contributed by atoms with Crippen LogP contribution in [0.5, 0.6) is 11.5 Å². The van der Waals surface area contributed by atoms with Crippen molar-refractivity contribution in [1.29, 1.82) is 0 Å². The molecule has 1 aromatic heterocycles. The Balaban J connectivity index is 1.68. The molecule has 0 radical (unpaired) electrons. The van der Waals surface area contributed by atoms with E-state index in [1.807, 2.05) is 48.3 Å². The third kappa shape index (κ3) is 5.62.